The number of aliphatic imine (C=N–C) groups is 1. The summed E-state index contributed by atoms with van der Waals surface area (Å²) in [5.41, 5.74) is 6.35. The molecule has 0 bridgehead atoms. The zero-order valence-electron chi connectivity index (χ0n) is 20.5. The van der Waals surface area contributed by atoms with E-state index < -0.39 is 11.9 Å². The number of allylic oxidation sites excluding steroid dienone is 1. The molecule has 10 nitrogen and oxygen atoms in total. The minimum atomic E-state index is -0.472. The number of hydrogen-bond donors (Lipinski definition) is 3. The molecule has 2 aromatic rings. The van der Waals surface area contributed by atoms with Crippen molar-refractivity contribution < 1.29 is 19.1 Å². The number of dihydropyridines is 1. The Kier molecular flexibility index (Phi) is 7.11. The fourth-order valence-electron chi connectivity index (χ4n) is 4.49. The smallest absolute Gasteiger partial charge is 0.320 e. The Labute approximate surface area is 205 Å². The maximum Gasteiger partial charge on any atom is 0.320 e. The van der Waals surface area contributed by atoms with Gasteiger partial charge in [0.1, 0.15) is 17.5 Å². The van der Waals surface area contributed by atoms with Gasteiger partial charge in [-0.05, 0) is 23.1 Å². The first-order chi connectivity index (χ1) is 16.7. The third-order valence-corrected chi connectivity index (χ3v) is 6.62. The molecule has 0 spiro atoms. The van der Waals surface area contributed by atoms with Gasteiger partial charge in [-0.2, -0.15) is 0 Å². The second-order valence-corrected chi connectivity index (χ2v) is 10.1. The van der Waals surface area contributed by atoms with Crippen LogP contribution in [-0.2, 0) is 19.7 Å². The van der Waals surface area contributed by atoms with Crippen molar-refractivity contribution in [1.29, 1.82) is 0 Å². The van der Waals surface area contributed by atoms with Crippen molar-refractivity contribution in [2.75, 3.05) is 31.6 Å². The molecule has 0 radical (unpaired) electrons. The van der Waals surface area contributed by atoms with E-state index in [1.165, 1.54) is 0 Å². The number of imidazole rings is 1. The minimum Gasteiger partial charge on any atom is -0.489 e. The molecule has 188 valence electrons. The van der Waals surface area contributed by atoms with E-state index in [4.69, 9.17) is 20.2 Å². The molecular formula is C25H34N6O4. The molecule has 1 unspecified atom stereocenters. The van der Waals surface area contributed by atoms with E-state index in [-0.39, 0.29) is 29.9 Å². The highest BCUT2D eigenvalue weighted by molar-refractivity contribution is 5.88. The standard InChI is InChI=1S/C25H34N6O4/c1-24(2,3)25(12-19(13-27-16-25)35-18-7-10-34-11-8-18)17-4-5-22-29-21(15-31(22)14-17)30-23(33)28-9-6-20(26)32/h4-5,12-15,18H,6-11,16H2,1-3H3,(H2,26,32)(H2,28,30,33). The van der Waals surface area contributed by atoms with E-state index in [0.717, 1.165) is 37.4 Å². The number of nitrogens with two attached hydrogens (primary N) is 1. The number of carbonyl (C=O) groups excluding carboxylic acids is 2. The topological polar surface area (TPSA) is 132 Å². The third kappa shape index (κ3) is 5.64. The van der Waals surface area contributed by atoms with E-state index in [1.807, 2.05) is 22.9 Å². The number of ether oxygens (including phenoxy) is 2. The number of hydrogen-bond acceptors (Lipinski definition) is 6. The molecule has 2 aliphatic rings. The number of amides is 3. The lowest BCUT2D eigenvalue weighted by Crippen LogP contribution is -2.43. The maximum absolute atomic E-state index is 12.1. The number of nitrogens with one attached hydrogen (secondary N) is 2. The van der Waals surface area contributed by atoms with E-state index in [9.17, 15) is 9.59 Å². The van der Waals surface area contributed by atoms with Gasteiger partial charge in [-0.15, -0.1) is 0 Å². The Hall–Kier alpha value is -3.40. The summed E-state index contributed by atoms with van der Waals surface area (Å²) in [5, 5.41) is 5.29. The van der Waals surface area contributed by atoms with Crippen molar-refractivity contribution in [3.63, 3.8) is 0 Å². The van der Waals surface area contributed by atoms with Crippen LogP contribution in [0.15, 0.2) is 41.4 Å². The van der Waals surface area contributed by atoms with Crippen LogP contribution < -0.4 is 16.4 Å². The Morgan fingerprint density at radius 1 is 1.26 bits per heavy atom. The van der Waals surface area contributed by atoms with E-state index in [2.05, 4.69) is 48.5 Å². The van der Waals surface area contributed by atoms with Gasteiger partial charge in [0, 0.05) is 37.4 Å². The molecule has 4 N–H and O–H groups in total. The summed E-state index contributed by atoms with van der Waals surface area (Å²) in [6.07, 6.45) is 9.79. The van der Waals surface area contributed by atoms with Crippen LogP contribution >= 0.6 is 0 Å². The molecule has 0 aromatic carbocycles. The quantitative estimate of drug-likeness (QED) is 0.558. The van der Waals surface area contributed by atoms with E-state index in [1.54, 1.807) is 6.20 Å². The molecule has 35 heavy (non-hydrogen) atoms. The highest BCUT2D eigenvalue weighted by atomic mass is 16.5. The molecule has 0 saturated carbocycles. The van der Waals surface area contributed by atoms with E-state index in [0.29, 0.717) is 18.0 Å². The number of fused-ring (bicyclic) bond motifs is 1. The summed E-state index contributed by atoms with van der Waals surface area (Å²) >= 11 is 0. The fraction of sp³-hybridized carbons (Fsp3) is 0.520. The molecule has 1 atom stereocenters. The van der Waals surface area contributed by atoms with Gasteiger partial charge >= 0.3 is 6.03 Å². The SMILES string of the molecule is CC(C)(C)C1(c2ccc3nc(NC(=O)NCCC(N)=O)cn3c2)C=C(OC2CCOCC2)C=NC1. The molecule has 3 amide bonds. The van der Waals surface area contributed by atoms with Gasteiger partial charge in [0.2, 0.25) is 5.91 Å². The van der Waals surface area contributed by atoms with Crippen LogP contribution in [0.3, 0.4) is 0 Å². The predicted octanol–water partition coefficient (Wildman–Crippen LogP) is 2.78. The summed E-state index contributed by atoms with van der Waals surface area (Å²) in [6.45, 7) is 8.82. The normalized spacial score (nSPS) is 20.9. The van der Waals surface area contributed by atoms with Gasteiger partial charge in [0.15, 0.2) is 5.82 Å². The van der Waals surface area contributed by atoms with Gasteiger partial charge in [-0.25, -0.2) is 9.78 Å². The van der Waals surface area contributed by atoms with Crippen LogP contribution in [0.4, 0.5) is 10.6 Å². The van der Waals surface area contributed by atoms with Crippen molar-refractivity contribution in [1.82, 2.24) is 14.7 Å². The van der Waals surface area contributed by atoms with E-state index >= 15 is 0 Å². The summed E-state index contributed by atoms with van der Waals surface area (Å²) in [5.74, 6) is 0.726. The zero-order valence-corrected chi connectivity index (χ0v) is 20.5. The van der Waals surface area contributed by atoms with Gasteiger partial charge in [-0.1, -0.05) is 26.8 Å². The second kappa shape index (κ2) is 10.1. The molecule has 10 heteroatoms. The van der Waals surface area contributed by atoms with Crippen LogP contribution in [0.2, 0.25) is 0 Å². The predicted molar refractivity (Wildman–Crippen MR) is 134 cm³/mol. The highest BCUT2D eigenvalue weighted by Crippen LogP contribution is 2.45. The summed E-state index contributed by atoms with van der Waals surface area (Å²) in [7, 11) is 0. The molecule has 4 rings (SSSR count). The minimum absolute atomic E-state index is 0.0764. The fourth-order valence-corrected chi connectivity index (χ4v) is 4.49. The molecular weight excluding hydrogens is 448 g/mol. The number of anilines is 1. The molecule has 0 aliphatic carbocycles. The second-order valence-electron chi connectivity index (χ2n) is 10.1. The average molecular weight is 483 g/mol. The summed E-state index contributed by atoms with van der Waals surface area (Å²) in [4.78, 5) is 32.1. The van der Waals surface area contributed by atoms with Crippen LogP contribution in [-0.4, -0.2) is 59.9 Å². The molecule has 2 aromatic heterocycles. The summed E-state index contributed by atoms with van der Waals surface area (Å²) in [6, 6.07) is 3.55. The number of primary amides is 1. The number of aromatic nitrogens is 2. The first-order valence-corrected chi connectivity index (χ1v) is 12.0. The molecule has 1 saturated heterocycles. The number of nitrogens with zero attached hydrogens (tertiary/aromatic N) is 3. The lowest BCUT2D eigenvalue weighted by molar-refractivity contribution is -0.117. The number of pyridine rings is 1. The Morgan fingerprint density at radius 2 is 2.03 bits per heavy atom. The van der Waals surface area contributed by atoms with Crippen molar-refractivity contribution in [2.45, 2.75) is 51.6 Å². The van der Waals surface area contributed by atoms with Crippen molar-refractivity contribution in [3.8, 4) is 0 Å². The molecule has 2 aliphatic heterocycles. The van der Waals surface area contributed by atoms with Gasteiger partial charge in [0.25, 0.3) is 0 Å². The van der Waals surface area contributed by atoms with Crippen LogP contribution in [0.25, 0.3) is 5.65 Å². The Morgan fingerprint density at radius 3 is 2.74 bits per heavy atom. The maximum atomic E-state index is 12.1. The van der Waals surface area contributed by atoms with Crippen molar-refractivity contribution in [3.05, 3.63) is 41.9 Å². The Balaban J connectivity index is 1.57. The lowest BCUT2D eigenvalue weighted by atomic mass is 9.62. The average Bonchev–Trinajstić information content (AvgIpc) is 3.20. The first-order valence-electron chi connectivity index (χ1n) is 12.0. The van der Waals surface area contributed by atoms with Crippen LogP contribution in [0.5, 0.6) is 0 Å². The largest absolute Gasteiger partial charge is 0.489 e. The number of rotatable bonds is 7. The Bertz CT molecular complexity index is 1140. The molecule has 1 fully saturated rings. The van der Waals surface area contributed by atoms with Gasteiger partial charge < -0.3 is 24.9 Å². The van der Waals surface area contributed by atoms with Crippen LogP contribution in [0, 0.1) is 5.41 Å². The van der Waals surface area contributed by atoms with Crippen molar-refractivity contribution >= 4 is 29.6 Å². The number of carbonyl (C=O) groups is 2. The molecule has 4 heterocycles. The first kappa shape index (κ1) is 24.7. The third-order valence-electron chi connectivity index (χ3n) is 6.62. The lowest BCUT2D eigenvalue weighted by Gasteiger charge is -2.44. The van der Waals surface area contributed by atoms with Crippen molar-refractivity contribution in [2.24, 2.45) is 16.1 Å². The monoisotopic (exact) mass is 482 g/mol. The van der Waals surface area contributed by atoms with Crippen LogP contribution in [0.1, 0.15) is 45.6 Å². The van der Waals surface area contributed by atoms with Gasteiger partial charge in [0.05, 0.1) is 32.2 Å². The summed E-state index contributed by atoms with van der Waals surface area (Å²) < 4.78 is 13.7. The number of urea groups is 1. The zero-order chi connectivity index (χ0) is 25.1. The highest BCUT2D eigenvalue weighted by Gasteiger charge is 2.44. The van der Waals surface area contributed by atoms with Gasteiger partial charge in [-0.3, -0.25) is 15.1 Å².